The van der Waals surface area contributed by atoms with E-state index in [4.69, 9.17) is 4.74 Å². The Hall–Kier alpha value is -1.60. The largest absolute Gasteiger partial charge is 0.506 e. The molecule has 0 radical (unpaired) electrons. The van der Waals surface area contributed by atoms with Gasteiger partial charge in [0.15, 0.2) is 9.84 Å². The molecule has 0 saturated carbocycles. The minimum Gasteiger partial charge on any atom is -0.506 e. The van der Waals surface area contributed by atoms with Crippen LogP contribution < -0.4 is 4.90 Å². The number of amides is 1. The SMILES string of the molecule is CCS(=O)(=O)c1ccc(O)c(N2CCOCC2=O)c1. The summed E-state index contributed by atoms with van der Waals surface area (Å²) in [5, 5.41) is 9.81. The summed E-state index contributed by atoms with van der Waals surface area (Å²) < 4.78 is 28.6. The van der Waals surface area contributed by atoms with Crippen molar-refractivity contribution in [3.8, 4) is 5.75 Å². The Kier molecular flexibility index (Phi) is 3.77. The molecule has 1 aromatic carbocycles. The zero-order chi connectivity index (χ0) is 14.0. The lowest BCUT2D eigenvalue weighted by Gasteiger charge is -2.27. The van der Waals surface area contributed by atoms with Crippen LogP contribution in [0.4, 0.5) is 5.69 Å². The molecule has 1 N–H and O–H groups in total. The highest BCUT2D eigenvalue weighted by atomic mass is 32.2. The normalized spacial score (nSPS) is 16.7. The number of carbonyl (C=O) groups excluding carboxylic acids is 1. The minimum atomic E-state index is -3.37. The number of phenolic OH excluding ortho intramolecular Hbond substituents is 1. The molecule has 1 aromatic rings. The van der Waals surface area contributed by atoms with Gasteiger partial charge in [0.25, 0.3) is 5.91 Å². The number of hydrogen-bond donors (Lipinski definition) is 1. The molecule has 0 bridgehead atoms. The van der Waals surface area contributed by atoms with E-state index in [2.05, 4.69) is 0 Å². The molecule has 1 saturated heterocycles. The molecule has 1 aliphatic heterocycles. The highest BCUT2D eigenvalue weighted by Crippen LogP contribution is 2.31. The van der Waals surface area contributed by atoms with Gasteiger partial charge in [0, 0.05) is 6.54 Å². The molecule has 7 heteroatoms. The number of rotatable bonds is 3. The van der Waals surface area contributed by atoms with Crippen LogP contribution in [0.3, 0.4) is 0 Å². The van der Waals surface area contributed by atoms with Crippen molar-refractivity contribution in [2.45, 2.75) is 11.8 Å². The van der Waals surface area contributed by atoms with E-state index in [0.717, 1.165) is 0 Å². The first-order chi connectivity index (χ1) is 8.95. The van der Waals surface area contributed by atoms with Gasteiger partial charge in [-0.25, -0.2) is 8.42 Å². The molecular formula is C12H15NO5S. The first kappa shape index (κ1) is 13.8. The van der Waals surface area contributed by atoms with Gasteiger partial charge in [-0.1, -0.05) is 6.92 Å². The van der Waals surface area contributed by atoms with Gasteiger partial charge in [0.05, 0.1) is 22.9 Å². The third-order valence-electron chi connectivity index (χ3n) is 2.96. The number of ether oxygens (including phenoxy) is 1. The van der Waals surface area contributed by atoms with Crippen LogP contribution in [0.1, 0.15) is 6.92 Å². The van der Waals surface area contributed by atoms with Gasteiger partial charge in [-0.2, -0.15) is 0 Å². The molecule has 1 heterocycles. The van der Waals surface area contributed by atoms with Crippen LogP contribution in [0.25, 0.3) is 0 Å². The number of carbonyl (C=O) groups is 1. The summed E-state index contributed by atoms with van der Waals surface area (Å²) in [6.45, 7) is 2.13. The Morgan fingerprint density at radius 1 is 1.42 bits per heavy atom. The molecule has 1 fully saturated rings. The Balaban J connectivity index is 2.45. The zero-order valence-corrected chi connectivity index (χ0v) is 11.3. The second-order valence-electron chi connectivity index (χ2n) is 4.15. The number of anilines is 1. The van der Waals surface area contributed by atoms with Crippen LogP contribution >= 0.6 is 0 Å². The summed E-state index contributed by atoms with van der Waals surface area (Å²) in [5.74, 6) is -0.452. The maximum atomic E-state index is 11.8. The fourth-order valence-corrected chi connectivity index (χ4v) is 2.75. The van der Waals surface area contributed by atoms with E-state index in [1.165, 1.54) is 23.1 Å². The molecule has 0 aromatic heterocycles. The van der Waals surface area contributed by atoms with Crippen molar-refractivity contribution in [1.29, 1.82) is 0 Å². The maximum Gasteiger partial charge on any atom is 0.253 e. The molecule has 0 unspecified atom stereocenters. The van der Waals surface area contributed by atoms with E-state index in [9.17, 15) is 18.3 Å². The first-order valence-corrected chi connectivity index (χ1v) is 7.55. The molecule has 1 aliphatic rings. The minimum absolute atomic E-state index is 0.0335. The number of benzene rings is 1. The average molecular weight is 285 g/mol. The fourth-order valence-electron chi connectivity index (χ4n) is 1.85. The monoisotopic (exact) mass is 285 g/mol. The quantitative estimate of drug-likeness (QED) is 0.876. The van der Waals surface area contributed by atoms with Crippen molar-refractivity contribution in [2.75, 3.05) is 30.4 Å². The van der Waals surface area contributed by atoms with Gasteiger partial charge >= 0.3 is 0 Å². The smallest absolute Gasteiger partial charge is 0.253 e. The van der Waals surface area contributed by atoms with E-state index < -0.39 is 9.84 Å². The molecule has 1 amide bonds. The van der Waals surface area contributed by atoms with Crippen molar-refractivity contribution in [2.24, 2.45) is 0 Å². The van der Waals surface area contributed by atoms with Crippen LogP contribution in [0, 0.1) is 0 Å². The Labute approximate surface area is 111 Å². The molecule has 0 spiro atoms. The lowest BCUT2D eigenvalue weighted by Crippen LogP contribution is -2.41. The van der Waals surface area contributed by atoms with Crippen molar-refractivity contribution >= 4 is 21.4 Å². The van der Waals surface area contributed by atoms with Crippen LogP contribution in [0.5, 0.6) is 5.75 Å². The molecule has 2 rings (SSSR count). The number of hydrogen-bond acceptors (Lipinski definition) is 5. The number of phenols is 1. The van der Waals surface area contributed by atoms with Gasteiger partial charge in [-0.15, -0.1) is 0 Å². The van der Waals surface area contributed by atoms with Gasteiger partial charge in [-0.3, -0.25) is 4.79 Å². The van der Waals surface area contributed by atoms with Crippen LogP contribution in [0.15, 0.2) is 23.1 Å². The zero-order valence-electron chi connectivity index (χ0n) is 10.5. The summed E-state index contributed by atoms with van der Waals surface area (Å²) in [5.41, 5.74) is 0.211. The van der Waals surface area contributed by atoms with Crippen molar-refractivity contribution in [1.82, 2.24) is 0 Å². The van der Waals surface area contributed by atoms with Crippen molar-refractivity contribution in [3.05, 3.63) is 18.2 Å². The molecule has 6 nitrogen and oxygen atoms in total. The second-order valence-corrected chi connectivity index (χ2v) is 6.43. The number of nitrogens with zero attached hydrogens (tertiary/aromatic N) is 1. The first-order valence-electron chi connectivity index (χ1n) is 5.89. The van der Waals surface area contributed by atoms with E-state index in [0.29, 0.717) is 13.2 Å². The summed E-state index contributed by atoms with van der Waals surface area (Å²) in [6, 6.07) is 3.96. The predicted octanol–water partition coefficient (Wildman–Crippen LogP) is 0.549. The number of sulfone groups is 1. The van der Waals surface area contributed by atoms with Crippen molar-refractivity contribution in [3.63, 3.8) is 0 Å². The third-order valence-corrected chi connectivity index (χ3v) is 4.69. The fraction of sp³-hybridized carbons (Fsp3) is 0.417. The standard InChI is InChI=1S/C12H15NO5S/c1-2-19(16,17)9-3-4-11(14)10(7-9)13-5-6-18-8-12(13)15/h3-4,7,14H,2,5-6,8H2,1H3. The molecule has 0 atom stereocenters. The molecule has 0 aliphatic carbocycles. The van der Waals surface area contributed by atoms with E-state index in [-0.39, 0.29) is 34.6 Å². The van der Waals surface area contributed by atoms with Crippen LogP contribution in [-0.2, 0) is 19.4 Å². The van der Waals surface area contributed by atoms with Gasteiger partial charge in [-0.05, 0) is 18.2 Å². The topological polar surface area (TPSA) is 83.9 Å². The van der Waals surface area contributed by atoms with E-state index >= 15 is 0 Å². The van der Waals surface area contributed by atoms with Gasteiger partial charge in [0.1, 0.15) is 12.4 Å². The lowest BCUT2D eigenvalue weighted by atomic mass is 10.2. The summed E-state index contributed by atoms with van der Waals surface area (Å²) in [4.78, 5) is 13.2. The van der Waals surface area contributed by atoms with Gasteiger partial charge in [0.2, 0.25) is 0 Å². The van der Waals surface area contributed by atoms with E-state index in [1.54, 1.807) is 6.92 Å². The Morgan fingerprint density at radius 3 is 2.79 bits per heavy atom. The Morgan fingerprint density at radius 2 is 2.16 bits per heavy atom. The Bertz CT molecular complexity index is 596. The van der Waals surface area contributed by atoms with Crippen LogP contribution in [0.2, 0.25) is 0 Å². The maximum absolute atomic E-state index is 11.8. The molecular weight excluding hydrogens is 270 g/mol. The lowest BCUT2D eigenvalue weighted by molar-refractivity contribution is -0.125. The summed E-state index contributed by atoms with van der Waals surface area (Å²) in [6.07, 6.45) is 0. The molecule has 104 valence electrons. The summed E-state index contributed by atoms with van der Waals surface area (Å²) >= 11 is 0. The molecule has 19 heavy (non-hydrogen) atoms. The number of morpholine rings is 1. The highest BCUT2D eigenvalue weighted by Gasteiger charge is 2.24. The average Bonchev–Trinajstić information content (AvgIpc) is 2.40. The second kappa shape index (κ2) is 5.18. The third kappa shape index (κ3) is 2.71. The summed E-state index contributed by atoms with van der Waals surface area (Å²) in [7, 11) is -3.37. The highest BCUT2D eigenvalue weighted by molar-refractivity contribution is 7.91. The van der Waals surface area contributed by atoms with Crippen molar-refractivity contribution < 1.29 is 23.1 Å². The van der Waals surface area contributed by atoms with Gasteiger partial charge < -0.3 is 14.7 Å². The van der Waals surface area contributed by atoms with E-state index in [1.807, 2.05) is 0 Å². The number of aromatic hydroxyl groups is 1. The van der Waals surface area contributed by atoms with Crippen LogP contribution in [-0.4, -0.2) is 44.9 Å². The predicted molar refractivity (Wildman–Crippen MR) is 69.0 cm³/mol.